The van der Waals surface area contributed by atoms with Gasteiger partial charge >= 0.3 is 12.2 Å². The second-order valence-corrected chi connectivity index (χ2v) is 17.0. The van der Waals surface area contributed by atoms with Gasteiger partial charge in [0.1, 0.15) is 24.5 Å². The van der Waals surface area contributed by atoms with Crippen LogP contribution in [0.1, 0.15) is 12.8 Å². The van der Waals surface area contributed by atoms with Gasteiger partial charge in [-0.3, -0.25) is 5.32 Å². The average Bonchev–Trinajstić information content (AvgIpc) is 3.60. The smallest absolute Gasteiger partial charge is 0.378 e. The summed E-state index contributed by atoms with van der Waals surface area (Å²) in [5, 5.41) is 3.60. The number of amides is 2. The number of hydrogen-bond donors (Lipinski definition) is 1. The maximum Gasteiger partial charge on any atom is 0.420 e. The number of anilines is 2. The fourth-order valence-electron chi connectivity index (χ4n) is 4.89. The number of benzene rings is 1. The molecule has 2 aromatic heterocycles. The molecule has 4 heterocycles. The highest BCUT2D eigenvalue weighted by Crippen LogP contribution is 2.33. The predicted octanol–water partition coefficient (Wildman–Crippen LogP) is 5.01. The van der Waals surface area contributed by atoms with Crippen molar-refractivity contribution >= 4 is 42.8 Å². The molecule has 2 amide bonds. The normalized spacial score (nSPS) is 16.0. The Labute approximate surface area is 235 Å². The second-order valence-electron chi connectivity index (χ2n) is 11.4. The average molecular weight is 567 g/mol. The van der Waals surface area contributed by atoms with E-state index in [2.05, 4.69) is 50.5 Å². The summed E-state index contributed by atoms with van der Waals surface area (Å²) < 4.78 is 18.7. The molecule has 1 N–H and O–H groups in total. The van der Waals surface area contributed by atoms with Gasteiger partial charge in [-0.1, -0.05) is 31.8 Å². The molecule has 3 aromatic rings. The van der Waals surface area contributed by atoms with Crippen molar-refractivity contribution in [2.45, 2.75) is 45.3 Å². The van der Waals surface area contributed by atoms with Crippen LogP contribution in [0.2, 0.25) is 25.7 Å². The van der Waals surface area contributed by atoms with Crippen LogP contribution in [0, 0.1) is 0 Å². The van der Waals surface area contributed by atoms with Crippen LogP contribution in [0.15, 0.2) is 36.7 Å². The number of aromatic nitrogens is 3. The van der Waals surface area contributed by atoms with E-state index in [1.807, 2.05) is 12.1 Å². The standard InChI is InChI=1S/C28H38N6O5Si/c1-40(2,3)17-16-38-20-34-24(18-23-25(29-19-30-26(23)34)32-12-14-37-15-13-32)21-6-8-22(9-7-21)31-27(35)39-28(36)33-10-4-5-11-33/h6-9,18-19H,4-5,10-17,20H2,1-3H3,(H,31,35). The van der Waals surface area contributed by atoms with Crippen molar-refractivity contribution in [1.29, 1.82) is 0 Å². The minimum atomic E-state index is -1.23. The molecule has 2 saturated heterocycles. The van der Waals surface area contributed by atoms with Crippen molar-refractivity contribution in [3.8, 4) is 11.3 Å². The van der Waals surface area contributed by atoms with Gasteiger partial charge in [-0.15, -0.1) is 0 Å². The van der Waals surface area contributed by atoms with Crippen LogP contribution in [0.5, 0.6) is 0 Å². The molecule has 2 aliphatic rings. The summed E-state index contributed by atoms with van der Waals surface area (Å²) in [6.07, 6.45) is 2.06. The molecule has 40 heavy (non-hydrogen) atoms. The highest BCUT2D eigenvalue weighted by molar-refractivity contribution is 6.76. The number of ether oxygens (including phenoxy) is 3. The van der Waals surface area contributed by atoms with Crippen LogP contribution < -0.4 is 10.2 Å². The number of morpholine rings is 1. The molecule has 0 saturated carbocycles. The third kappa shape index (κ3) is 6.80. The van der Waals surface area contributed by atoms with E-state index >= 15 is 0 Å². The number of fused-ring (bicyclic) bond motifs is 1. The lowest BCUT2D eigenvalue weighted by Crippen LogP contribution is -2.36. The molecular weight excluding hydrogens is 528 g/mol. The zero-order chi connectivity index (χ0) is 28.1. The van der Waals surface area contributed by atoms with Crippen LogP contribution in [0.25, 0.3) is 22.3 Å². The van der Waals surface area contributed by atoms with E-state index < -0.39 is 20.3 Å². The van der Waals surface area contributed by atoms with Gasteiger partial charge in [-0.2, -0.15) is 0 Å². The summed E-state index contributed by atoms with van der Waals surface area (Å²) in [6.45, 7) is 12.2. The first-order valence-corrected chi connectivity index (χ1v) is 17.6. The Morgan fingerprint density at radius 2 is 1.75 bits per heavy atom. The van der Waals surface area contributed by atoms with E-state index in [9.17, 15) is 9.59 Å². The first-order valence-electron chi connectivity index (χ1n) is 13.9. The van der Waals surface area contributed by atoms with Gasteiger partial charge in [0.05, 0.1) is 24.3 Å². The van der Waals surface area contributed by atoms with Crippen molar-refractivity contribution in [2.24, 2.45) is 0 Å². The summed E-state index contributed by atoms with van der Waals surface area (Å²) in [4.78, 5) is 37.4. The molecule has 11 nitrogen and oxygen atoms in total. The van der Waals surface area contributed by atoms with E-state index in [1.165, 1.54) is 0 Å². The summed E-state index contributed by atoms with van der Waals surface area (Å²) in [6, 6.07) is 10.6. The van der Waals surface area contributed by atoms with Crippen LogP contribution in [-0.4, -0.2) is 85.7 Å². The van der Waals surface area contributed by atoms with Gasteiger partial charge < -0.3 is 28.6 Å². The zero-order valence-electron chi connectivity index (χ0n) is 23.5. The summed E-state index contributed by atoms with van der Waals surface area (Å²) in [5.41, 5.74) is 3.22. The molecule has 5 rings (SSSR count). The largest absolute Gasteiger partial charge is 0.420 e. The fourth-order valence-corrected chi connectivity index (χ4v) is 5.65. The molecule has 12 heteroatoms. The van der Waals surface area contributed by atoms with Gasteiger partial charge in [0.15, 0.2) is 0 Å². The van der Waals surface area contributed by atoms with Crippen LogP contribution in [0.4, 0.5) is 21.1 Å². The highest BCUT2D eigenvalue weighted by atomic mass is 28.3. The topological polar surface area (TPSA) is 111 Å². The van der Waals surface area contributed by atoms with E-state index in [0.29, 0.717) is 45.3 Å². The minimum Gasteiger partial charge on any atom is -0.378 e. The molecule has 2 fully saturated rings. The Bertz CT molecular complexity index is 1330. The Morgan fingerprint density at radius 1 is 1.02 bits per heavy atom. The van der Waals surface area contributed by atoms with Gasteiger partial charge in [0.2, 0.25) is 0 Å². The molecule has 0 radical (unpaired) electrons. The van der Waals surface area contributed by atoms with Crippen molar-refractivity contribution in [3.63, 3.8) is 0 Å². The molecule has 2 aliphatic heterocycles. The van der Waals surface area contributed by atoms with Crippen molar-refractivity contribution in [3.05, 3.63) is 36.7 Å². The lowest BCUT2D eigenvalue weighted by Gasteiger charge is -2.28. The first kappa shape index (κ1) is 28.1. The van der Waals surface area contributed by atoms with Gasteiger partial charge in [0.25, 0.3) is 0 Å². The van der Waals surface area contributed by atoms with Crippen LogP contribution in [0.3, 0.4) is 0 Å². The van der Waals surface area contributed by atoms with Crippen molar-refractivity contribution < 1.29 is 23.8 Å². The number of carbonyl (C=O) groups is 2. The number of carbonyl (C=O) groups excluding carboxylic acids is 2. The molecule has 0 spiro atoms. The van der Waals surface area contributed by atoms with Crippen LogP contribution >= 0.6 is 0 Å². The van der Waals surface area contributed by atoms with Crippen molar-refractivity contribution in [2.75, 3.05) is 56.2 Å². The lowest BCUT2D eigenvalue weighted by molar-refractivity contribution is 0.0909. The number of nitrogens with one attached hydrogen (secondary N) is 1. The molecular formula is C28H38N6O5Si. The van der Waals surface area contributed by atoms with Gasteiger partial charge in [0, 0.05) is 46.5 Å². The number of hydrogen-bond acceptors (Lipinski definition) is 8. The molecule has 0 bridgehead atoms. The summed E-state index contributed by atoms with van der Waals surface area (Å²) in [7, 11) is -1.23. The van der Waals surface area contributed by atoms with Crippen molar-refractivity contribution in [1.82, 2.24) is 19.4 Å². The number of rotatable bonds is 8. The van der Waals surface area contributed by atoms with E-state index in [4.69, 9.17) is 14.2 Å². The zero-order valence-corrected chi connectivity index (χ0v) is 24.5. The lowest BCUT2D eigenvalue weighted by atomic mass is 10.1. The van der Waals surface area contributed by atoms with E-state index in [-0.39, 0.29) is 0 Å². The Morgan fingerprint density at radius 3 is 2.45 bits per heavy atom. The Kier molecular flexibility index (Phi) is 8.67. The molecule has 1 aromatic carbocycles. The molecule has 0 unspecified atom stereocenters. The minimum absolute atomic E-state index is 0.369. The molecule has 214 valence electrons. The third-order valence-corrected chi connectivity index (χ3v) is 8.87. The predicted molar refractivity (Wildman–Crippen MR) is 156 cm³/mol. The number of likely N-dealkylation sites (tertiary alicyclic amines) is 1. The van der Waals surface area contributed by atoms with Gasteiger partial charge in [-0.05, 0) is 42.6 Å². The quantitative estimate of drug-likeness (QED) is 0.230. The monoisotopic (exact) mass is 566 g/mol. The second kappa shape index (κ2) is 12.4. The molecule has 0 atom stereocenters. The summed E-state index contributed by atoms with van der Waals surface area (Å²) in [5.74, 6) is 0.888. The Hall–Kier alpha value is -3.48. The Balaban J connectivity index is 1.37. The summed E-state index contributed by atoms with van der Waals surface area (Å²) >= 11 is 0. The number of nitrogens with zero attached hydrogens (tertiary/aromatic N) is 5. The van der Waals surface area contributed by atoms with E-state index in [0.717, 1.165) is 60.1 Å². The first-order chi connectivity index (χ1) is 19.3. The maximum atomic E-state index is 12.3. The van der Waals surface area contributed by atoms with Gasteiger partial charge in [-0.25, -0.2) is 19.6 Å². The fraction of sp³-hybridized carbons (Fsp3) is 0.500. The highest BCUT2D eigenvalue weighted by Gasteiger charge is 2.23. The van der Waals surface area contributed by atoms with E-state index in [1.54, 1.807) is 23.4 Å². The SMILES string of the molecule is C[Si](C)(C)CCOCn1c(-c2ccc(NC(=O)OC(=O)N3CCCC3)cc2)cc2c(N3CCOCC3)ncnc21. The maximum absolute atomic E-state index is 12.3. The third-order valence-electron chi connectivity index (χ3n) is 7.17. The molecule has 0 aliphatic carbocycles. The van der Waals surface area contributed by atoms with Crippen LogP contribution in [-0.2, 0) is 20.9 Å².